The molecular formula is C19H20N2O2S. The van der Waals surface area contributed by atoms with E-state index in [4.69, 9.17) is 0 Å². The van der Waals surface area contributed by atoms with Gasteiger partial charge in [-0.15, -0.1) is 11.8 Å². The first-order chi connectivity index (χ1) is 11.5. The maximum Gasteiger partial charge on any atom is 0.238 e. The Morgan fingerprint density at radius 3 is 2.71 bits per heavy atom. The summed E-state index contributed by atoms with van der Waals surface area (Å²) in [6.45, 7) is 5.57. The topological polar surface area (TPSA) is 49.4 Å². The molecular weight excluding hydrogens is 320 g/mol. The van der Waals surface area contributed by atoms with E-state index >= 15 is 0 Å². The number of aryl methyl sites for hydroxylation is 2. The van der Waals surface area contributed by atoms with Gasteiger partial charge in [-0.25, -0.2) is 0 Å². The van der Waals surface area contributed by atoms with Gasteiger partial charge in [-0.3, -0.25) is 14.5 Å². The van der Waals surface area contributed by atoms with E-state index in [0.29, 0.717) is 5.75 Å². The second-order valence-electron chi connectivity index (χ2n) is 6.02. The van der Waals surface area contributed by atoms with Gasteiger partial charge in [0.05, 0.1) is 5.75 Å². The van der Waals surface area contributed by atoms with Crippen molar-refractivity contribution in [3.8, 4) is 0 Å². The fourth-order valence-electron chi connectivity index (χ4n) is 2.98. The third-order valence-corrected chi connectivity index (χ3v) is 5.18. The second-order valence-corrected chi connectivity index (χ2v) is 7.09. The molecule has 4 nitrogen and oxygen atoms in total. The number of hydrogen-bond donors (Lipinski definition) is 1. The molecule has 1 N–H and O–H groups in total. The minimum Gasteiger partial charge on any atom is -0.326 e. The van der Waals surface area contributed by atoms with Crippen molar-refractivity contribution >= 4 is 35.0 Å². The van der Waals surface area contributed by atoms with Gasteiger partial charge in [0.25, 0.3) is 0 Å². The number of rotatable bonds is 3. The van der Waals surface area contributed by atoms with Crippen molar-refractivity contribution in [1.29, 1.82) is 0 Å². The van der Waals surface area contributed by atoms with E-state index in [1.807, 2.05) is 55.1 Å². The highest BCUT2D eigenvalue weighted by molar-refractivity contribution is 8.00. The largest absolute Gasteiger partial charge is 0.326 e. The number of benzene rings is 2. The van der Waals surface area contributed by atoms with Crippen LogP contribution in [0.1, 0.15) is 29.0 Å². The first-order valence-electron chi connectivity index (χ1n) is 7.84. The highest BCUT2D eigenvalue weighted by Gasteiger charge is 2.34. The SMILES string of the molecule is CC(=O)Nc1cccc([C@@H]2SCC(=O)N2c2ccc(C)cc2C)c1. The van der Waals surface area contributed by atoms with Crippen LogP contribution in [0.5, 0.6) is 0 Å². The van der Waals surface area contributed by atoms with Gasteiger partial charge < -0.3 is 5.32 Å². The van der Waals surface area contributed by atoms with Gasteiger partial charge in [0, 0.05) is 18.3 Å². The van der Waals surface area contributed by atoms with Crippen molar-refractivity contribution in [1.82, 2.24) is 0 Å². The van der Waals surface area contributed by atoms with Crippen LogP contribution in [-0.4, -0.2) is 17.6 Å². The summed E-state index contributed by atoms with van der Waals surface area (Å²) >= 11 is 1.61. The van der Waals surface area contributed by atoms with Crippen molar-refractivity contribution in [3.05, 3.63) is 59.2 Å². The van der Waals surface area contributed by atoms with Crippen LogP contribution in [0.3, 0.4) is 0 Å². The smallest absolute Gasteiger partial charge is 0.238 e. The number of hydrogen-bond acceptors (Lipinski definition) is 3. The maximum absolute atomic E-state index is 12.5. The van der Waals surface area contributed by atoms with Crippen LogP contribution in [-0.2, 0) is 9.59 Å². The molecule has 2 aromatic carbocycles. The Morgan fingerprint density at radius 2 is 2.00 bits per heavy atom. The lowest BCUT2D eigenvalue weighted by molar-refractivity contribution is -0.116. The zero-order valence-electron chi connectivity index (χ0n) is 14.0. The van der Waals surface area contributed by atoms with Gasteiger partial charge in [-0.05, 0) is 43.2 Å². The molecule has 0 unspecified atom stereocenters. The molecule has 1 fully saturated rings. The summed E-state index contributed by atoms with van der Waals surface area (Å²) < 4.78 is 0. The average molecular weight is 340 g/mol. The summed E-state index contributed by atoms with van der Waals surface area (Å²) in [5.41, 5.74) is 4.98. The Kier molecular flexibility index (Phi) is 4.62. The van der Waals surface area contributed by atoms with Gasteiger partial charge in [0.15, 0.2) is 0 Å². The Hall–Kier alpha value is -2.27. The molecule has 3 rings (SSSR count). The maximum atomic E-state index is 12.5. The van der Waals surface area contributed by atoms with Gasteiger partial charge in [-0.2, -0.15) is 0 Å². The third-order valence-electron chi connectivity index (χ3n) is 3.97. The fraction of sp³-hybridized carbons (Fsp3) is 0.263. The molecule has 2 aromatic rings. The molecule has 1 aliphatic heterocycles. The van der Waals surface area contributed by atoms with Crippen molar-refractivity contribution in [3.63, 3.8) is 0 Å². The molecule has 5 heteroatoms. The highest BCUT2D eigenvalue weighted by atomic mass is 32.2. The molecule has 1 saturated heterocycles. The van der Waals surface area contributed by atoms with E-state index in [1.165, 1.54) is 12.5 Å². The van der Waals surface area contributed by atoms with E-state index in [2.05, 4.69) is 11.4 Å². The van der Waals surface area contributed by atoms with Crippen LogP contribution in [0.15, 0.2) is 42.5 Å². The standard InChI is InChI=1S/C19H20N2O2S/c1-12-7-8-17(13(2)9-12)21-18(23)11-24-19(21)15-5-4-6-16(10-15)20-14(3)22/h4-10,19H,11H2,1-3H3,(H,20,22)/t19-/m0/s1. The number of anilines is 2. The summed E-state index contributed by atoms with van der Waals surface area (Å²) in [4.78, 5) is 25.6. The van der Waals surface area contributed by atoms with E-state index in [9.17, 15) is 9.59 Å². The Labute approximate surface area is 146 Å². The molecule has 2 amide bonds. The lowest BCUT2D eigenvalue weighted by Gasteiger charge is -2.26. The van der Waals surface area contributed by atoms with Crippen molar-refractivity contribution < 1.29 is 9.59 Å². The third kappa shape index (κ3) is 3.31. The molecule has 1 atom stereocenters. The van der Waals surface area contributed by atoms with Crippen molar-refractivity contribution in [2.45, 2.75) is 26.1 Å². The van der Waals surface area contributed by atoms with Gasteiger partial charge in [0.2, 0.25) is 11.8 Å². The zero-order valence-corrected chi connectivity index (χ0v) is 14.8. The molecule has 0 aliphatic carbocycles. The number of nitrogens with zero attached hydrogens (tertiary/aromatic N) is 1. The fourth-order valence-corrected chi connectivity index (χ4v) is 4.14. The van der Waals surface area contributed by atoms with Gasteiger partial charge >= 0.3 is 0 Å². The molecule has 1 heterocycles. The van der Waals surface area contributed by atoms with Gasteiger partial charge in [0.1, 0.15) is 5.37 Å². The molecule has 124 valence electrons. The monoisotopic (exact) mass is 340 g/mol. The predicted molar refractivity (Wildman–Crippen MR) is 99.3 cm³/mol. The second kappa shape index (κ2) is 6.69. The van der Waals surface area contributed by atoms with Crippen LogP contribution in [0.4, 0.5) is 11.4 Å². The normalized spacial score (nSPS) is 17.2. The first-order valence-corrected chi connectivity index (χ1v) is 8.89. The highest BCUT2D eigenvalue weighted by Crippen LogP contribution is 2.43. The average Bonchev–Trinajstić information content (AvgIpc) is 2.89. The number of thioether (sulfide) groups is 1. The number of carbonyl (C=O) groups excluding carboxylic acids is 2. The lowest BCUT2D eigenvalue weighted by Crippen LogP contribution is -2.28. The molecule has 0 aromatic heterocycles. The number of carbonyl (C=O) groups is 2. The molecule has 0 spiro atoms. The molecule has 0 radical (unpaired) electrons. The van der Waals surface area contributed by atoms with E-state index in [0.717, 1.165) is 22.5 Å². The summed E-state index contributed by atoms with van der Waals surface area (Å²) in [5.74, 6) is 0.470. The Morgan fingerprint density at radius 1 is 1.21 bits per heavy atom. The predicted octanol–water partition coefficient (Wildman–Crippen LogP) is 4.04. The summed E-state index contributed by atoms with van der Waals surface area (Å²) in [6.07, 6.45) is 0. The van der Waals surface area contributed by atoms with E-state index in [1.54, 1.807) is 11.8 Å². The molecule has 24 heavy (non-hydrogen) atoms. The molecule has 0 saturated carbocycles. The van der Waals surface area contributed by atoms with Crippen molar-refractivity contribution in [2.24, 2.45) is 0 Å². The van der Waals surface area contributed by atoms with Crippen LogP contribution >= 0.6 is 11.8 Å². The Bertz CT molecular complexity index is 804. The summed E-state index contributed by atoms with van der Waals surface area (Å²) in [6, 6.07) is 13.8. The van der Waals surface area contributed by atoms with E-state index in [-0.39, 0.29) is 17.2 Å². The minimum absolute atomic E-state index is 0.0763. The van der Waals surface area contributed by atoms with Crippen LogP contribution in [0.2, 0.25) is 0 Å². The first kappa shape index (κ1) is 16.6. The van der Waals surface area contributed by atoms with Crippen LogP contribution < -0.4 is 10.2 Å². The molecule has 0 bridgehead atoms. The Balaban J connectivity index is 1.97. The summed E-state index contributed by atoms with van der Waals surface area (Å²) in [7, 11) is 0. The number of amides is 2. The van der Waals surface area contributed by atoms with Gasteiger partial charge in [-0.1, -0.05) is 29.8 Å². The van der Waals surface area contributed by atoms with E-state index < -0.39 is 0 Å². The lowest BCUT2D eigenvalue weighted by atomic mass is 10.1. The zero-order chi connectivity index (χ0) is 17.3. The quantitative estimate of drug-likeness (QED) is 0.917. The van der Waals surface area contributed by atoms with Crippen LogP contribution in [0.25, 0.3) is 0 Å². The molecule has 1 aliphatic rings. The summed E-state index contributed by atoms with van der Waals surface area (Å²) in [5, 5.41) is 2.73. The number of nitrogens with one attached hydrogen (secondary N) is 1. The minimum atomic E-state index is -0.103. The van der Waals surface area contributed by atoms with Crippen molar-refractivity contribution in [2.75, 3.05) is 16.0 Å². The van der Waals surface area contributed by atoms with Crippen LogP contribution in [0, 0.1) is 13.8 Å².